The maximum atomic E-state index is 10.3. The number of nitrogens with zero attached hydrogens (tertiary/aromatic N) is 1. The van der Waals surface area contributed by atoms with Crippen LogP contribution in [-0.2, 0) is 6.54 Å². The van der Waals surface area contributed by atoms with Gasteiger partial charge in [-0.05, 0) is 24.9 Å². The standard InChI is InChI=1S/C10H14N2O3/c13-12(14)10-4-3-9(15-10)7-11-6-5-8-1-2-8/h3-4,8,11H,1-2,5-7H2. The highest BCUT2D eigenvalue weighted by molar-refractivity contribution is 5.17. The molecule has 15 heavy (non-hydrogen) atoms. The van der Waals surface area contributed by atoms with E-state index >= 15 is 0 Å². The third-order valence-corrected chi connectivity index (χ3v) is 2.55. The van der Waals surface area contributed by atoms with Gasteiger partial charge in [0.05, 0.1) is 12.6 Å². The van der Waals surface area contributed by atoms with E-state index in [2.05, 4.69) is 5.32 Å². The van der Waals surface area contributed by atoms with Gasteiger partial charge in [0.15, 0.2) is 0 Å². The maximum Gasteiger partial charge on any atom is 0.433 e. The zero-order valence-electron chi connectivity index (χ0n) is 8.44. The predicted molar refractivity (Wildman–Crippen MR) is 54.4 cm³/mol. The number of rotatable bonds is 6. The Morgan fingerprint density at radius 3 is 2.93 bits per heavy atom. The molecule has 1 aliphatic carbocycles. The van der Waals surface area contributed by atoms with E-state index in [0.29, 0.717) is 12.3 Å². The van der Waals surface area contributed by atoms with Crippen molar-refractivity contribution in [2.45, 2.75) is 25.8 Å². The lowest BCUT2D eigenvalue weighted by atomic mass is 10.3. The number of nitrogens with one attached hydrogen (secondary N) is 1. The zero-order chi connectivity index (χ0) is 10.7. The van der Waals surface area contributed by atoms with Gasteiger partial charge in [0, 0.05) is 0 Å². The molecule has 5 heteroatoms. The Morgan fingerprint density at radius 2 is 2.33 bits per heavy atom. The van der Waals surface area contributed by atoms with Crippen LogP contribution in [0, 0.1) is 16.0 Å². The summed E-state index contributed by atoms with van der Waals surface area (Å²) in [5, 5.41) is 13.5. The Morgan fingerprint density at radius 1 is 1.53 bits per heavy atom. The second-order valence-electron chi connectivity index (χ2n) is 3.91. The first kappa shape index (κ1) is 10.2. The fourth-order valence-corrected chi connectivity index (χ4v) is 1.48. The van der Waals surface area contributed by atoms with Crippen LogP contribution in [0.3, 0.4) is 0 Å². The Kier molecular flexibility index (Phi) is 3.01. The van der Waals surface area contributed by atoms with Crippen molar-refractivity contribution >= 4 is 5.88 Å². The molecular formula is C10H14N2O3. The molecule has 1 aromatic rings. The number of hydrogen-bond acceptors (Lipinski definition) is 4. The first-order valence-electron chi connectivity index (χ1n) is 5.19. The molecule has 0 saturated heterocycles. The maximum absolute atomic E-state index is 10.3. The van der Waals surface area contributed by atoms with Gasteiger partial charge in [-0.1, -0.05) is 12.8 Å². The van der Waals surface area contributed by atoms with Crippen molar-refractivity contribution in [3.05, 3.63) is 28.0 Å². The van der Waals surface area contributed by atoms with Crippen molar-refractivity contribution in [1.29, 1.82) is 0 Å². The molecule has 2 rings (SSSR count). The van der Waals surface area contributed by atoms with Crippen molar-refractivity contribution in [2.75, 3.05) is 6.54 Å². The minimum atomic E-state index is -0.520. The van der Waals surface area contributed by atoms with Crippen LogP contribution in [-0.4, -0.2) is 11.5 Å². The van der Waals surface area contributed by atoms with Crippen LogP contribution in [0.5, 0.6) is 0 Å². The molecule has 0 unspecified atom stereocenters. The summed E-state index contributed by atoms with van der Waals surface area (Å²) >= 11 is 0. The van der Waals surface area contributed by atoms with Gasteiger partial charge in [-0.2, -0.15) is 0 Å². The van der Waals surface area contributed by atoms with Gasteiger partial charge in [0.1, 0.15) is 10.7 Å². The van der Waals surface area contributed by atoms with Crippen molar-refractivity contribution in [3.8, 4) is 0 Å². The molecule has 0 bridgehead atoms. The molecule has 82 valence electrons. The van der Waals surface area contributed by atoms with Crippen molar-refractivity contribution in [3.63, 3.8) is 0 Å². The summed E-state index contributed by atoms with van der Waals surface area (Å²) in [4.78, 5) is 9.81. The van der Waals surface area contributed by atoms with Gasteiger partial charge in [-0.15, -0.1) is 0 Å². The first-order chi connectivity index (χ1) is 7.25. The Labute approximate surface area is 87.6 Å². The Bertz CT molecular complexity index is 344. The monoisotopic (exact) mass is 210 g/mol. The molecule has 0 amide bonds. The molecule has 1 fully saturated rings. The van der Waals surface area contributed by atoms with Crippen LogP contribution in [0.1, 0.15) is 25.0 Å². The highest BCUT2D eigenvalue weighted by atomic mass is 16.6. The van der Waals surface area contributed by atoms with E-state index in [1.54, 1.807) is 6.07 Å². The minimum absolute atomic E-state index is 0.186. The normalized spacial score (nSPS) is 15.5. The van der Waals surface area contributed by atoms with E-state index in [0.717, 1.165) is 12.5 Å². The van der Waals surface area contributed by atoms with Crippen molar-refractivity contribution in [2.24, 2.45) is 5.92 Å². The summed E-state index contributed by atoms with van der Waals surface area (Å²) in [7, 11) is 0. The predicted octanol–water partition coefficient (Wildman–Crippen LogP) is 2.08. The molecule has 0 aromatic carbocycles. The van der Waals surface area contributed by atoms with Crippen LogP contribution in [0.4, 0.5) is 5.88 Å². The fraction of sp³-hybridized carbons (Fsp3) is 0.600. The summed E-state index contributed by atoms with van der Waals surface area (Å²) in [5.74, 6) is 1.34. The topological polar surface area (TPSA) is 68.3 Å². The van der Waals surface area contributed by atoms with Gasteiger partial charge in [0.2, 0.25) is 0 Å². The average molecular weight is 210 g/mol. The van der Waals surface area contributed by atoms with Crippen LogP contribution in [0.2, 0.25) is 0 Å². The molecule has 1 aromatic heterocycles. The highest BCUT2D eigenvalue weighted by Gasteiger charge is 2.20. The van der Waals surface area contributed by atoms with E-state index in [-0.39, 0.29) is 5.88 Å². The lowest BCUT2D eigenvalue weighted by molar-refractivity contribution is -0.402. The molecule has 0 radical (unpaired) electrons. The van der Waals surface area contributed by atoms with Crippen LogP contribution in [0.15, 0.2) is 16.5 Å². The molecule has 1 N–H and O–H groups in total. The molecule has 1 heterocycles. The van der Waals surface area contributed by atoms with Gasteiger partial charge in [-0.3, -0.25) is 10.1 Å². The third-order valence-electron chi connectivity index (χ3n) is 2.55. The smallest absolute Gasteiger partial charge is 0.404 e. The van der Waals surface area contributed by atoms with Gasteiger partial charge in [-0.25, -0.2) is 0 Å². The molecular weight excluding hydrogens is 196 g/mol. The first-order valence-corrected chi connectivity index (χ1v) is 5.19. The average Bonchev–Trinajstić information content (AvgIpc) is 2.90. The molecule has 1 saturated carbocycles. The van der Waals surface area contributed by atoms with Gasteiger partial charge >= 0.3 is 5.88 Å². The lowest BCUT2D eigenvalue weighted by Gasteiger charge is -2.00. The molecule has 0 spiro atoms. The second-order valence-corrected chi connectivity index (χ2v) is 3.91. The molecule has 0 atom stereocenters. The summed E-state index contributed by atoms with van der Waals surface area (Å²) < 4.78 is 5.01. The van der Waals surface area contributed by atoms with Crippen molar-refractivity contribution in [1.82, 2.24) is 5.32 Å². The summed E-state index contributed by atoms with van der Waals surface area (Å²) in [6, 6.07) is 3.03. The summed E-state index contributed by atoms with van der Waals surface area (Å²) in [6.07, 6.45) is 3.91. The van der Waals surface area contributed by atoms with E-state index in [1.807, 2.05) is 0 Å². The molecule has 5 nitrogen and oxygen atoms in total. The van der Waals surface area contributed by atoms with E-state index < -0.39 is 4.92 Å². The summed E-state index contributed by atoms with van der Waals surface area (Å²) in [6.45, 7) is 1.53. The SMILES string of the molecule is O=[N+]([O-])c1ccc(CNCCC2CC2)o1. The lowest BCUT2D eigenvalue weighted by Crippen LogP contribution is -2.14. The van der Waals surface area contributed by atoms with Gasteiger partial charge < -0.3 is 9.73 Å². The Balaban J connectivity index is 1.70. The van der Waals surface area contributed by atoms with Gasteiger partial charge in [0.25, 0.3) is 0 Å². The molecule has 1 aliphatic rings. The quantitative estimate of drug-likeness (QED) is 0.443. The van der Waals surface area contributed by atoms with E-state index in [9.17, 15) is 10.1 Å². The number of hydrogen-bond donors (Lipinski definition) is 1. The fourth-order valence-electron chi connectivity index (χ4n) is 1.48. The van der Waals surface area contributed by atoms with Crippen molar-refractivity contribution < 1.29 is 9.34 Å². The van der Waals surface area contributed by atoms with Crippen LogP contribution >= 0.6 is 0 Å². The third kappa shape index (κ3) is 3.06. The van der Waals surface area contributed by atoms with E-state index in [4.69, 9.17) is 4.42 Å². The Hall–Kier alpha value is -1.36. The largest absolute Gasteiger partial charge is 0.433 e. The molecule has 0 aliphatic heterocycles. The van der Waals surface area contributed by atoms with Crippen LogP contribution < -0.4 is 5.32 Å². The number of furan rings is 1. The zero-order valence-corrected chi connectivity index (χ0v) is 8.44. The van der Waals surface area contributed by atoms with E-state index in [1.165, 1.54) is 25.3 Å². The van der Waals surface area contributed by atoms with Crippen LogP contribution in [0.25, 0.3) is 0 Å². The second kappa shape index (κ2) is 4.44. The number of nitro groups is 1. The summed E-state index contributed by atoms with van der Waals surface area (Å²) in [5.41, 5.74) is 0. The minimum Gasteiger partial charge on any atom is -0.404 e. The highest BCUT2D eigenvalue weighted by Crippen LogP contribution is 2.31.